The normalized spacial score (nSPS) is 17.0. The maximum absolute atomic E-state index is 13.5. The van der Waals surface area contributed by atoms with Gasteiger partial charge in [-0.15, -0.1) is 12.4 Å². The number of nitrogens with zero attached hydrogens (tertiary/aromatic N) is 5. The molecule has 2 fully saturated rings. The van der Waals surface area contributed by atoms with E-state index in [1.54, 1.807) is 30.6 Å². The molecule has 0 bridgehead atoms. The Kier molecular flexibility index (Phi) is 17.7. The number of anilines is 2. The maximum Gasteiger partial charge on any atom is 0.255 e. The molecule has 370 valence electrons. The van der Waals surface area contributed by atoms with Crippen molar-refractivity contribution in [3.05, 3.63) is 119 Å². The Hall–Kier alpha value is -6.73. The van der Waals surface area contributed by atoms with E-state index in [0.717, 1.165) is 73.6 Å². The van der Waals surface area contributed by atoms with Crippen molar-refractivity contribution in [1.29, 1.82) is 0 Å². The third-order valence-electron chi connectivity index (χ3n) is 12.8. The number of halogens is 1. The summed E-state index contributed by atoms with van der Waals surface area (Å²) in [6.07, 6.45) is 8.86. The number of pyridine rings is 1. The van der Waals surface area contributed by atoms with E-state index in [9.17, 15) is 24.0 Å². The van der Waals surface area contributed by atoms with Gasteiger partial charge < -0.3 is 40.0 Å². The fourth-order valence-electron chi connectivity index (χ4n) is 8.85. The van der Waals surface area contributed by atoms with Crippen molar-refractivity contribution < 1.29 is 38.2 Å². The third-order valence-corrected chi connectivity index (χ3v) is 12.8. The Morgan fingerprint density at radius 2 is 1.63 bits per heavy atom. The average Bonchev–Trinajstić information content (AvgIpc) is 3.99. The van der Waals surface area contributed by atoms with E-state index >= 15 is 0 Å². The first kappa shape index (κ1) is 51.1. The second-order valence-electron chi connectivity index (χ2n) is 17.8. The molecule has 2 atom stereocenters. The van der Waals surface area contributed by atoms with Crippen LogP contribution in [0.25, 0.3) is 11.4 Å². The third kappa shape index (κ3) is 12.9. The lowest BCUT2D eigenvalue weighted by Gasteiger charge is -2.40. The fraction of sp³-hybridized carbons (Fsp3) is 0.412. The fourth-order valence-corrected chi connectivity index (χ4v) is 8.85. The molecule has 3 aliphatic heterocycles. The number of ether oxygens (including phenoxy) is 3. The molecule has 0 spiro atoms. The van der Waals surface area contributed by atoms with Crippen molar-refractivity contribution in [2.75, 3.05) is 63.8 Å². The lowest BCUT2D eigenvalue weighted by molar-refractivity contribution is -0.137. The first-order valence-electron chi connectivity index (χ1n) is 23.7. The van der Waals surface area contributed by atoms with Crippen LogP contribution in [0.4, 0.5) is 11.4 Å². The molecule has 0 radical (unpaired) electrons. The molecule has 8 rings (SSSR count). The van der Waals surface area contributed by atoms with E-state index in [4.69, 9.17) is 19.2 Å². The summed E-state index contributed by atoms with van der Waals surface area (Å²) in [5.74, 6) is 0.505. The van der Waals surface area contributed by atoms with Crippen LogP contribution in [0.5, 0.6) is 5.75 Å². The van der Waals surface area contributed by atoms with Crippen LogP contribution < -0.4 is 26.0 Å². The Morgan fingerprint density at radius 3 is 2.41 bits per heavy atom. The molecule has 5 heterocycles. The van der Waals surface area contributed by atoms with Gasteiger partial charge in [0.25, 0.3) is 11.8 Å². The smallest absolute Gasteiger partial charge is 0.255 e. The van der Waals surface area contributed by atoms with Crippen molar-refractivity contribution in [3.8, 4) is 17.1 Å². The molecule has 2 saturated heterocycles. The number of hydrogen-bond acceptors (Lipinski definition) is 13. The number of rotatable bonds is 22. The van der Waals surface area contributed by atoms with Crippen LogP contribution in [-0.2, 0) is 35.9 Å². The summed E-state index contributed by atoms with van der Waals surface area (Å²) in [5, 5.41) is 19.7. The number of carbonyl (C=O) groups is 5. The van der Waals surface area contributed by atoms with Gasteiger partial charge in [-0.05, 0) is 119 Å². The number of fused-ring (bicyclic) bond motifs is 1. The summed E-state index contributed by atoms with van der Waals surface area (Å²) in [6.45, 7) is 5.80. The summed E-state index contributed by atoms with van der Waals surface area (Å²) in [5.41, 5.74) is 4.31. The van der Waals surface area contributed by atoms with Crippen LogP contribution in [0.2, 0.25) is 0 Å². The Bertz CT molecular complexity index is 2590. The van der Waals surface area contributed by atoms with Gasteiger partial charge in [0.2, 0.25) is 17.7 Å². The zero-order valence-corrected chi connectivity index (χ0v) is 40.4. The minimum Gasteiger partial charge on any atom is -0.494 e. The molecule has 5 N–H and O–H groups in total. The minimum atomic E-state index is -0.729. The van der Waals surface area contributed by atoms with Gasteiger partial charge in [0.15, 0.2) is 11.6 Å². The van der Waals surface area contributed by atoms with Crippen molar-refractivity contribution in [3.63, 3.8) is 0 Å². The number of H-pyrrole nitrogens is 1. The molecule has 3 aromatic carbocycles. The molecule has 3 aliphatic rings. The van der Waals surface area contributed by atoms with E-state index in [1.165, 1.54) is 4.90 Å². The van der Waals surface area contributed by atoms with Gasteiger partial charge in [0, 0.05) is 91.9 Å². The van der Waals surface area contributed by atoms with Gasteiger partial charge in [-0.25, -0.2) is 4.98 Å². The van der Waals surface area contributed by atoms with Crippen LogP contribution in [0.15, 0.2) is 91.3 Å². The summed E-state index contributed by atoms with van der Waals surface area (Å²) in [7, 11) is 2.12. The molecule has 0 saturated carbocycles. The highest BCUT2D eigenvalue weighted by atomic mass is 35.5. The topological polar surface area (TPSA) is 222 Å². The lowest BCUT2D eigenvalue weighted by Crippen LogP contribution is -2.52. The average molecular weight is 978 g/mol. The molecular formula is C51H61ClN10O8. The number of amides is 5. The zero-order chi connectivity index (χ0) is 48.2. The first-order chi connectivity index (χ1) is 33.5. The predicted octanol–water partition coefficient (Wildman–Crippen LogP) is 6.18. The monoisotopic (exact) mass is 976 g/mol. The molecule has 5 amide bonds. The van der Waals surface area contributed by atoms with Gasteiger partial charge in [-0.3, -0.25) is 39.4 Å². The van der Waals surface area contributed by atoms with Gasteiger partial charge in [0.05, 0.1) is 18.2 Å². The highest BCUT2D eigenvalue weighted by Crippen LogP contribution is 2.36. The van der Waals surface area contributed by atoms with E-state index in [-0.39, 0.29) is 68.1 Å². The molecule has 2 aromatic heterocycles. The van der Waals surface area contributed by atoms with Gasteiger partial charge >= 0.3 is 0 Å². The summed E-state index contributed by atoms with van der Waals surface area (Å²) in [4.78, 5) is 76.0. The largest absolute Gasteiger partial charge is 0.494 e. The number of carbonyl (C=O) groups excluding carboxylic acids is 5. The molecule has 19 heteroatoms. The van der Waals surface area contributed by atoms with Crippen molar-refractivity contribution >= 4 is 53.3 Å². The zero-order valence-electron chi connectivity index (χ0n) is 39.5. The van der Waals surface area contributed by atoms with Crippen LogP contribution in [0.1, 0.15) is 102 Å². The van der Waals surface area contributed by atoms with Gasteiger partial charge in [-0.2, -0.15) is 5.10 Å². The number of imide groups is 1. The number of aromatic amines is 1. The number of aromatic nitrogens is 4. The molecule has 70 heavy (non-hydrogen) atoms. The number of hydrogen-bond donors (Lipinski definition) is 5. The highest BCUT2D eigenvalue weighted by Gasteiger charge is 2.41. The van der Waals surface area contributed by atoms with E-state index in [2.05, 4.69) is 48.4 Å². The number of benzene rings is 3. The van der Waals surface area contributed by atoms with Gasteiger partial charge in [0.1, 0.15) is 18.4 Å². The molecule has 1 unspecified atom stereocenters. The maximum atomic E-state index is 13.5. The predicted molar refractivity (Wildman–Crippen MR) is 264 cm³/mol. The van der Waals surface area contributed by atoms with E-state index in [1.807, 2.05) is 67.6 Å². The number of piperidine rings is 2. The van der Waals surface area contributed by atoms with Crippen LogP contribution in [0, 0.1) is 0 Å². The molecule has 18 nitrogen and oxygen atoms in total. The number of likely N-dealkylation sites (tertiary alicyclic amines) is 1. The Balaban J connectivity index is 0.00000722. The first-order valence-corrected chi connectivity index (χ1v) is 23.7. The Labute approximate surface area is 413 Å². The second-order valence-corrected chi connectivity index (χ2v) is 17.8. The number of nitrogens with one attached hydrogen (secondary N) is 5. The van der Waals surface area contributed by atoms with Crippen LogP contribution in [-0.4, -0.2) is 119 Å². The standard InChI is InChI=1S/C51H60N10O8.ClH/c1-34(53-47(64)37-9-6-10-38(31-37)57-51(21-25-60(2)26-22-51)50-56-46(58-59-50)36-19-23-52-24-20-36)35-13-15-39(16-14-35)69-30-5-3-4-27-67-28-8-29-68-33-45(63)54-42-12-7-11-40-41(42)32-61(49(40)66)43-17-18-44(62)55-48(43)65;/h6-7,9-16,19-20,23-24,31,34,43,57H,3-5,8,17-18,21-22,25-30,32-33H2,1-2H3,(H,53,64)(H,54,63)(H,55,62,65)(H,56,58,59);1H/t34-,43?;/m0./s1. The quantitative estimate of drug-likeness (QED) is 0.0387. The van der Waals surface area contributed by atoms with Crippen molar-refractivity contribution in [2.24, 2.45) is 0 Å². The van der Waals surface area contributed by atoms with Crippen LogP contribution >= 0.6 is 12.4 Å². The number of unbranched alkanes of at least 4 members (excludes halogenated alkanes) is 2. The highest BCUT2D eigenvalue weighted by molar-refractivity contribution is 6.07. The molecule has 5 aromatic rings. The van der Waals surface area contributed by atoms with Crippen LogP contribution in [0.3, 0.4) is 0 Å². The van der Waals surface area contributed by atoms with Crippen molar-refractivity contribution in [1.82, 2.24) is 40.6 Å². The lowest BCUT2D eigenvalue weighted by atomic mass is 9.86. The molecular weight excluding hydrogens is 916 g/mol. The second kappa shape index (κ2) is 24.2. The van der Waals surface area contributed by atoms with E-state index < -0.39 is 17.5 Å². The minimum absolute atomic E-state index is 0. The summed E-state index contributed by atoms with van der Waals surface area (Å²) >= 11 is 0. The molecule has 0 aliphatic carbocycles. The van der Waals surface area contributed by atoms with Gasteiger partial charge in [-0.1, -0.05) is 24.3 Å². The Morgan fingerprint density at radius 1 is 0.886 bits per heavy atom. The van der Waals surface area contributed by atoms with Crippen molar-refractivity contribution in [2.45, 2.75) is 82.5 Å². The summed E-state index contributed by atoms with van der Waals surface area (Å²) in [6, 6.07) is 23.3. The summed E-state index contributed by atoms with van der Waals surface area (Å²) < 4.78 is 17.3. The SMILES string of the molecule is C[C@H](NC(=O)c1cccc(NC2(c3nc(-c4ccncc4)n[nH]3)CCN(C)CC2)c1)c1ccc(OCCCCCOCCCOCC(=O)Nc2cccc3c2CN(C2CCC(=O)NC2=O)C3=O)cc1.Cl. The van der Waals surface area contributed by atoms with E-state index in [0.29, 0.717) is 61.1 Å².